The molecule has 0 saturated carbocycles. The van der Waals surface area contributed by atoms with Crippen molar-refractivity contribution in [1.29, 1.82) is 0 Å². The van der Waals surface area contributed by atoms with Crippen LogP contribution in [0.1, 0.15) is 31.4 Å². The summed E-state index contributed by atoms with van der Waals surface area (Å²) in [6, 6.07) is 6.37. The number of nitrogens with one attached hydrogen (secondary N) is 1. The van der Waals surface area contributed by atoms with Gasteiger partial charge in [0.25, 0.3) is 5.56 Å². The van der Waals surface area contributed by atoms with Crippen LogP contribution >= 0.6 is 0 Å². The molecule has 136 valence electrons. The number of rotatable bonds is 4. The van der Waals surface area contributed by atoms with Gasteiger partial charge in [0.2, 0.25) is 11.8 Å². The summed E-state index contributed by atoms with van der Waals surface area (Å²) in [5.74, 6) is -0.509. The van der Waals surface area contributed by atoms with E-state index in [9.17, 15) is 14.4 Å². The summed E-state index contributed by atoms with van der Waals surface area (Å²) in [4.78, 5) is 42.5. The molecule has 1 aliphatic rings. The molecule has 2 aromatic heterocycles. The molecule has 7 nitrogen and oxygen atoms in total. The monoisotopic (exact) mass is 354 g/mol. The maximum Gasteiger partial charge on any atom is 0.250 e. The number of nitrogens with zero attached hydrogens (tertiary/aromatic N) is 3. The number of carbonyl (C=O) groups excluding carboxylic acids is 2. The normalized spacial score (nSPS) is 20.1. The number of piperidine rings is 1. The Hall–Kier alpha value is -2.96. The minimum atomic E-state index is -0.373. The summed E-state index contributed by atoms with van der Waals surface area (Å²) in [7, 11) is 1.73. The highest BCUT2D eigenvalue weighted by molar-refractivity contribution is 5.94. The molecule has 0 aliphatic carbocycles. The zero-order valence-corrected chi connectivity index (χ0v) is 14.9. The molecule has 2 atom stereocenters. The van der Waals surface area contributed by atoms with Gasteiger partial charge < -0.3 is 14.8 Å². The van der Waals surface area contributed by atoms with Crippen LogP contribution in [0.3, 0.4) is 0 Å². The Morgan fingerprint density at radius 2 is 1.96 bits per heavy atom. The van der Waals surface area contributed by atoms with Gasteiger partial charge in [-0.1, -0.05) is 0 Å². The molecule has 1 saturated heterocycles. The number of aromatic nitrogens is 2. The topological polar surface area (TPSA) is 84.3 Å². The number of pyridine rings is 2. The number of likely N-dealkylation sites (tertiary alicyclic amines) is 1. The zero-order chi connectivity index (χ0) is 18.7. The van der Waals surface area contributed by atoms with E-state index in [1.807, 2.05) is 19.1 Å². The number of anilines is 1. The van der Waals surface area contributed by atoms with Crippen molar-refractivity contribution >= 4 is 17.5 Å². The molecule has 1 fully saturated rings. The fraction of sp³-hybridized carbons (Fsp3) is 0.368. The van der Waals surface area contributed by atoms with Gasteiger partial charge in [-0.05, 0) is 37.1 Å². The van der Waals surface area contributed by atoms with E-state index in [-0.39, 0.29) is 29.3 Å². The lowest BCUT2D eigenvalue weighted by Gasteiger charge is -2.38. The van der Waals surface area contributed by atoms with Gasteiger partial charge in [0, 0.05) is 44.7 Å². The Kier molecular flexibility index (Phi) is 5.16. The molecule has 2 amide bonds. The second-order valence-electron chi connectivity index (χ2n) is 6.41. The molecule has 1 aliphatic heterocycles. The van der Waals surface area contributed by atoms with Crippen LogP contribution in [-0.2, 0) is 16.1 Å². The summed E-state index contributed by atoms with van der Waals surface area (Å²) in [6.45, 7) is 2.40. The average molecular weight is 354 g/mol. The lowest BCUT2D eigenvalue weighted by atomic mass is 9.84. The van der Waals surface area contributed by atoms with Gasteiger partial charge in [-0.25, -0.2) is 0 Å². The molecule has 3 rings (SSSR count). The van der Waals surface area contributed by atoms with Gasteiger partial charge in [0.15, 0.2) is 0 Å². The van der Waals surface area contributed by atoms with Crippen LogP contribution in [0, 0.1) is 5.92 Å². The molecule has 1 N–H and O–H groups in total. The largest absolute Gasteiger partial charge is 0.338 e. The van der Waals surface area contributed by atoms with Crippen molar-refractivity contribution in [3.8, 4) is 0 Å². The molecular formula is C19H22N4O3. The maximum atomic E-state index is 12.9. The lowest BCUT2D eigenvalue weighted by Crippen LogP contribution is -2.44. The van der Waals surface area contributed by atoms with Crippen LogP contribution in [0.4, 0.5) is 5.69 Å². The van der Waals surface area contributed by atoms with E-state index in [2.05, 4.69) is 10.3 Å². The third-order valence-corrected chi connectivity index (χ3v) is 4.84. The van der Waals surface area contributed by atoms with Crippen molar-refractivity contribution < 1.29 is 9.59 Å². The van der Waals surface area contributed by atoms with Crippen molar-refractivity contribution in [3.05, 3.63) is 58.8 Å². The molecule has 0 spiro atoms. The number of amides is 2. The summed E-state index contributed by atoms with van der Waals surface area (Å²) in [5.41, 5.74) is 1.35. The predicted molar refractivity (Wildman–Crippen MR) is 97.5 cm³/mol. The van der Waals surface area contributed by atoms with E-state index < -0.39 is 0 Å². The van der Waals surface area contributed by atoms with Crippen molar-refractivity contribution in [1.82, 2.24) is 14.5 Å². The van der Waals surface area contributed by atoms with Gasteiger partial charge in [-0.2, -0.15) is 0 Å². The second-order valence-corrected chi connectivity index (χ2v) is 6.41. The number of hydrogen-bond acceptors (Lipinski definition) is 4. The highest BCUT2D eigenvalue weighted by atomic mass is 16.2. The minimum absolute atomic E-state index is 0.0235. The van der Waals surface area contributed by atoms with Gasteiger partial charge in [-0.3, -0.25) is 19.4 Å². The molecule has 0 aromatic carbocycles. The number of aryl methyl sites for hydroxylation is 1. The molecule has 0 radical (unpaired) electrons. The van der Waals surface area contributed by atoms with Gasteiger partial charge in [-0.15, -0.1) is 0 Å². The summed E-state index contributed by atoms with van der Waals surface area (Å²) >= 11 is 0. The van der Waals surface area contributed by atoms with Crippen molar-refractivity contribution in [2.75, 3.05) is 12.4 Å². The number of hydrogen-bond donors (Lipinski definition) is 1. The zero-order valence-electron chi connectivity index (χ0n) is 14.9. The molecule has 7 heteroatoms. The summed E-state index contributed by atoms with van der Waals surface area (Å²) in [6.07, 6.45) is 5.78. The first-order chi connectivity index (χ1) is 12.5. The van der Waals surface area contributed by atoms with Gasteiger partial charge in [0.05, 0.1) is 17.6 Å². The highest BCUT2D eigenvalue weighted by Crippen LogP contribution is 2.36. The number of carbonyl (C=O) groups is 2. The molecule has 0 unspecified atom stereocenters. The smallest absolute Gasteiger partial charge is 0.250 e. The fourth-order valence-electron chi connectivity index (χ4n) is 3.42. The van der Waals surface area contributed by atoms with Crippen LogP contribution in [0.5, 0.6) is 0 Å². The quantitative estimate of drug-likeness (QED) is 0.907. The molecule has 2 aromatic rings. The fourth-order valence-corrected chi connectivity index (χ4v) is 3.42. The SMILES string of the molecule is CCn1cc(NC(=O)[C@H]2CCC(=O)N(C)[C@@H]2c2ccncc2)ccc1=O. The van der Waals surface area contributed by atoms with Crippen LogP contribution in [0.15, 0.2) is 47.7 Å². The van der Waals surface area contributed by atoms with E-state index in [1.54, 1.807) is 36.6 Å². The van der Waals surface area contributed by atoms with E-state index >= 15 is 0 Å². The molecule has 26 heavy (non-hydrogen) atoms. The Labute approximate surface area is 151 Å². The lowest BCUT2D eigenvalue weighted by molar-refractivity contribution is -0.140. The van der Waals surface area contributed by atoms with Crippen LogP contribution < -0.4 is 10.9 Å². The van der Waals surface area contributed by atoms with Crippen LogP contribution in [0.2, 0.25) is 0 Å². The first-order valence-electron chi connectivity index (χ1n) is 8.68. The first kappa shape index (κ1) is 17.8. The van der Waals surface area contributed by atoms with Crippen molar-refractivity contribution in [2.24, 2.45) is 5.92 Å². The summed E-state index contributed by atoms with van der Waals surface area (Å²) in [5, 5.41) is 2.90. The predicted octanol–water partition coefficient (Wildman–Crippen LogP) is 1.81. The Balaban J connectivity index is 1.86. The standard InChI is InChI=1S/C19H22N4O3/c1-3-23-12-14(4-6-17(23)25)21-19(26)15-5-7-16(24)22(2)18(15)13-8-10-20-11-9-13/h4,6,8-12,15,18H,3,5,7H2,1-2H3,(H,21,26)/t15-,18+/m0/s1. The van der Waals surface area contributed by atoms with E-state index in [0.29, 0.717) is 25.1 Å². The van der Waals surface area contributed by atoms with E-state index in [4.69, 9.17) is 0 Å². The second kappa shape index (κ2) is 7.51. The van der Waals surface area contributed by atoms with E-state index in [1.165, 1.54) is 10.6 Å². The third kappa shape index (κ3) is 3.51. The van der Waals surface area contributed by atoms with Crippen LogP contribution in [-0.4, -0.2) is 33.3 Å². The Morgan fingerprint density at radius 3 is 2.65 bits per heavy atom. The minimum Gasteiger partial charge on any atom is -0.338 e. The van der Waals surface area contributed by atoms with Gasteiger partial charge >= 0.3 is 0 Å². The maximum absolute atomic E-state index is 12.9. The molecule has 3 heterocycles. The van der Waals surface area contributed by atoms with Crippen LogP contribution in [0.25, 0.3) is 0 Å². The third-order valence-electron chi connectivity index (χ3n) is 4.84. The highest BCUT2D eigenvalue weighted by Gasteiger charge is 2.38. The molecular weight excluding hydrogens is 332 g/mol. The van der Waals surface area contributed by atoms with Gasteiger partial charge in [0.1, 0.15) is 0 Å². The van der Waals surface area contributed by atoms with E-state index in [0.717, 1.165) is 5.56 Å². The summed E-state index contributed by atoms with van der Waals surface area (Å²) < 4.78 is 1.53. The van der Waals surface area contributed by atoms with Crippen molar-refractivity contribution in [2.45, 2.75) is 32.4 Å². The average Bonchev–Trinajstić information content (AvgIpc) is 2.66. The Bertz CT molecular complexity index is 863. The molecule has 0 bridgehead atoms. The Morgan fingerprint density at radius 1 is 1.23 bits per heavy atom. The van der Waals surface area contributed by atoms with Crippen molar-refractivity contribution in [3.63, 3.8) is 0 Å². The first-order valence-corrected chi connectivity index (χ1v) is 8.68.